The molecular weight excluding hydrogens is 817 g/mol. The fraction of sp³-hybridized carbons (Fsp3) is 0.750. The van der Waals surface area contributed by atoms with E-state index in [9.17, 15) is 14.4 Å². The summed E-state index contributed by atoms with van der Waals surface area (Å²) in [7, 11) is 0. The summed E-state index contributed by atoms with van der Waals surface area (Å²) >= 11 is 0. The van der Waals surface area contributed by atoms with Gasteiger partial charge in [0.2, 0.25) is 0 Å². The van der Waals surface area contributed by atoms with E-state index in [4.69, 9.17) is 14.2 Å². The molecule has 0 spiro atoms. The minimum absolute atomic E-state index is 0.0858. The second-order valence-corrected chi connectivity index (χ2v) is 18.5. The van der Waals surface area contributed by atoms with E-state index in [0.29, 0.717) is 19.3 Å². The van der Waals surface area contributed by atoms with Gasteiger partial charge in [-0.3, -0.25) is 14.4 Å². The summed E-state index contributed by atoms with van der Waals surface area (Å²) in [4.78, 5) is 38.1. The molecule has 0 N–H and O–H groups in total. The van der Waals surface area contributed by atoms with Gasteiger partial charge in [-0.15, -0.1) is 0 Å². The van der Waals surface area contributed by atoms with Gasteiger partial charge in [0.25, 0.3) is 0 Å². The van der Waals surface area contributed by atoms with Crippen molar-refractivity contribution < 1.29 is 28.6 Å². The van der Waals surface area contributed by atoms with Gasteiger partial charge >= 0.3 is 17.9 Å². The predicted octanol–water partition coefficient (Wildman–Crippen LogP) is 18.6. The van der Waals surface area contributed by atoms with E-state index in [-0.39, 0.29) is 31.1 Å². The largest absolute Gasteiger partial charge is 0.462 e. The average molecular weight is 921 g/mol. The van der Waals surface area contributed by atoms with E-state index in [0.717, 1.165) is 103 Å². The fourth-order valence-corrected chi connectivity index (χ4v) is 7.72. The molecule has 0 aliphatic heterocycles. The highest BCUT2D eigenvalue weighted by Crippen LogP contribution is 2.15. The van der Waals surface area contributed by atoms with Crippen LogP contribution in [-0.4, -0.2) is 37.2 Å². The van der Waals surface area contributed by atoms with Crippen LogP contribution in [0.4, 0.5) is 0 Å². The third kappa shape index (κ3) is 51.8. The molecule has 0 heterocycles. The summed E-state index contributed by atoms with van der Waals surface area (Å²) in [6, 6.07) is 0. The lowest BCUT2D eigenvalue weighted by Crippen LogP contribution is -2.30. The first kappa shape index (κ1) is 62.8. The minimum atomic E-state index is -0.787. The normalized spacial score (nSPS) is 12.6. The molecule has 380 valence electrons. The van der Waals surface area contributed by atoms with E-state index in [2.05, 4.69) is 93.7 Å². The second-order valence-electron chi connectivity index (χ2n) is 18.5. The third-order valence-corrected chi connectivity index (χ3v) is 11.9. The van der Waals surface area contributed by atoms with Crippen LogP contribution in [0.3, 0.4) is 0 Å². The Balaban J connectivity index is 4.41. The van der Waals surface area contributed by atoms with Crippen LogP contribution in [0, 0.1) is 0 Å². The smallest absolute Gasteiger partial charge is 0.306 e. The van der Waals surface area contributed by atoms with E-state index >= 15 is 0 Å². The summed E-state index contributed by atoms with van der Waals surface area (Å²) in [5.74, 6) is -0.905. The van der Waals surface area contributed by atoms with Crippen LogP contribution in [0.25, 0.3) is 0 Å². The zero-order valence-electron chi connectivity index (χ0n) is 43.4. The Bertz CT molecular complexity index is 1240. The minimum Gasteiger partial charge on any atom is -0.462 e. The summed E-state index contributed by atoms with van der Waals surface area (Å²) in [5, 5.41) is 0. The molecule has 1 unspecified atom stereocenters. The highest BCUT2D eigenvalue weighted by atomic mass is 16.6. The maximum Gasteiger partial charge on any atom is 0.306 e. The number of allylic oxidation sites excluding steroid dienone is 12. The van der Waals surface area contributed by atoms with Gasteiger partial charge < -0.3 is 14.2 Å². The molecule has 0 aromatic rings. The van der Waals surface area contributed by atoms with Gasteiger partial charge in [-0.05, 0) is 109 Å². The first-order valence-electron chi connectivity index (χ1n) is 27.9. The zero-order valence-corrected chi connectivity index (χ0v) is 43.4. The van der Waals surface area contributed by atoms with Crippen LogP contribution < -0.4 is 0 Å². The number of unbranched alkanes of at least 4 members (excludes halogenated alkanes) is 27. The Morgan fingerprint density at radius 1 is 0.318 bits per heavy atom. The van der Waals surface area contributed by atoms with Gasteiger partial charge in [0, 0.05) is 19.3 Å². The van der Waals surface area contributed by atoms with Crippen molar-refractivity contribution in [3.8, 4) is 0 Å². The van der Waals surface area contributed by atoms with Crippen LogP contribution >= 0.6 is 0 Å². The molecule has 0 rings (SSSR count). The highest BCUT2D eigenvalue weighted by Gasteiger charge is 2.19. The molecule has 66 heavy (non-hydrogen) atoms. The van der Waals surface area contributed by atoms with Crippen molar-refractivity contribution in [2.24, 2.45) is 0 Å². The zero-order chi connectivity index (χ0) is 47.9. The van der Waals surface area contributed by atoms with Gasteiger partial charge in [-0.1, -0.05) is 216 Å². The van der Waals surface area contributed by atoms with E-state index in [1.807, 2.05) is 0 Å². The fourth-order valence-electron chi connectivity index (χ4n) is 7.72. The predicted molar refractivity (Wildman–Crippen MR) is 284 cm³/mol. The topological polar surface area (TPSA) is 78.9 Å². The summed E-state index contributed by atoms with van der Waals surface area (Å²) in [5.41, 5.74) is 0. The number of ether oxygens (including phenoxy) is 3. The van der Waals surface area contributed by atoms with Crippen molar-refractivity contribution in [2.75, 3.05) is 13.2 Å². The van der Waals surface area contributed by atoms with Gasteiger partial charge in [0.15, 0.2) is 6.10 Å². The second kappa shape index (κ2) is 54.5. The van der Waals surface area contributed by atoms with Crippen LogP contribution in [0.5, 0.6) is 0 Å². The molecule has 6 heteroatoms. The molecule has 0 aliphatic rings. The Hall–Kier alpha value is -3.15. The first-order valence-corrected chi connectivity index (χ1v) is 27.9. The molecule has 0 bridgehead atoms. The highest BCUT2D eigenvalue weighted by molar-refractivity contribution is 5.71. The van der Waals surface area contributed by atoms with Gasteiger partial charge in [0.05, 0.1) is 0 Å². The number of carbonyl (C=O) groups is 3. The Morgan fingerprint density at radius 3 is 0.970 bits per heavy atom. The molecule has 0 saturated heterocycles. The van der Waals surface area contributed by atoms with Crippen molar-refractivity contribution in [2.45, 2.75) is 277 Å². The van der Waals surface area contributed by atoms with Gasteiger partial charge in [0.1, 0.15) is 13.2 Å². The molecule has 0 amide bonds. The van der Waals surface area contributed by atoms with E-state index in [1.165, 1.54) is 128 Å². The summed E-state index contributed by atoms with van der Waals surface area (Å²) in [6.07, 6.45) is 68.8. The SMILES string of the molecule is CC/C=C\C/C=C\C/C=C\CCCCCCCCCC(=O)OCC(COC(=O)CCCCCCC/C=C\CCCCCCC)OC(=O)CCCCCCCCC/C=C\C/C=C\CCCCC. The van der Waals surface area contributed by atoms with Crippen LogP contribution in [-0.2, 0) is 28.6 Å². The molecule has 6 nitrogen and oxygen atoms in total. The molecule has 0 fully saturated rings. The standard InChI is InChI=1S/C60H104O6/c1-4-7-10-13-16-19-22-25-28-30-32-35-38-41-44-47-50-53-59(62)65-56-57(55-64-58(61)52-49-46-43-40-37-34-27-24-21-18-15-12-9-6-3)66-60(63)54-51-48-45-42-39-36-33-31-29-26-23-20-17-14-11-8-5-2/h7,10,16-17,19-20,24-29,57H,4-6,8-9,11-15,18,21-23,30-56H2,1-3H3/b10-7-,19-16-,20-17-,27-24-,28-25-,29-26-. The van der Waals surface area contributed by atoms with Crippen molar-refractivity contribution in [1.82, 2.24) is 0 Å². The number of esters is 3. The molecule has 1 atom stereocenters. The van der Waals surface area contributed by atoms with Crippen LogP contribution in [0.2, 0.25) is 0 Å². The molecule has 0 aromatic heterocycles. The molecule has 0 aliphatic carbocycles. The molecule has 0 radical (unpaired) electrons. The number of hydrogen-bond donors (Lipinski definition) is 0. The quantitative estimate of drug-likeness (QED) is 0.0262. The summed E-state index contributed by atoms with van der Waals surface area (Å²) in [6.45, 7) is 6.49. The lowest BCUT2D eigenvalue weighted by atomic mass is 10.1. The lowest BCUT2D eigenvalue weighted by molar-refractivity contribution is -0.167. The monoisotopic (exact) mass is 921 g/mol. The van der Waals surface area contributed by atoms with Crippen LogP contribution in [0.15, 0.2) is 72.9 Å². The van der Waals surface area contributed by atoms with Gasteiger partial charge in [-0.25, -0.2) is 0 Å². The molecule has 0 saturated carbocycles. The lowest BCUT2D eigenvalue weighted by Gasteiger charge is -2.18. The molecular formula is C60H104O6. The van der Waals surface area contributed by atoms with Crippen LogP contribution in [0.1, 0.15) is 271 Å². The Labute approximate surface area is 408 Å². The van der Waals surface area contributed by atoms with Crippen molar-refractivity contribution in [3.63, 3.8) is 0 Å². The number of carbonyl (C=O) groups excluding carboxylic acids is 3. The van der Waals surface area contributed by atoms with Crippen molar-refractivity contribution in [1.29, 1.82) is 0 Å². The van der Waals surface area contributed by atoms with E-state index < -0.39 is 6.10 Å². The van der Waals surface area contributed by atoms with Gasteiger partial charge in [-0.2, -0.15) is 0 Å². The van der Waals surface area contributed by atoms with E-state index in [1.54, 1.807) is 0 Å². The maximum atomic E-state index is 12.8. The number of hydrogen-bond acceptors (Lipinski definition) is 6. The van der Waals surface area contributed by atoms with Crippen molar-refractivity contribution >= 4 is 17.9 Å². The Morgan fingerprint density at radius 2 is 0.591 bits per heavy atom. The number of rotatable bonds is 50. The Kier molecular flexibility index (Phi) is 51.9. The van der Waals surface area contributed by atoms with Crippen molar-refractivity contribution in [3.05, 3.63) is 72.9 Å². The average Bonchev–Trinajstić information content (AvgIpc) is 3.31. The third-order valence-electron chi connectivity index (χ3n) is 11.9. The summed E-state index contributed by atoms with van der Waals surface area (Å²) < 4.78 is 16.8. The maximum absolute atomic E-state index is 12.8. The molecule has 0 aromatic carbocycles. The first-order chi connectivity index (χ1) is 32.5.